The molecule has 2 N–H and O–H groups in total. The normalized spacial score (nSPS) is 25.4. The number of aliphatic hydroxyl groups is 1. The third-order valence-electron chi connectivity index (χ3n) is 6.49. The van der Waals surface area contributed by atoms with Crippen LogP contribution in [-0.2, 0) is 0 Å². The third kappa shape index (κ3) is 3.83. The van der Waals surface area contributed by atoms with Crippen LogP contribution >= 0.6 is 0 Å². The van der Waals surface area contributed by atoms with Gasteiger partial charge < -0.3 is 15.3 Å². The number of carbonyl (C=O) groups excluding carboxylic acids is 1. The molecule has 1 aliphatic heterocycles. The number of carbonyl (C=O) groups is 1. The standard InChI is InChI=1S/C22H30N4O2/c1-14-8-9-26(14)20-11-19-15(12-24-20)10-16(13-23-19)21(27)25-18-6-4-17(5-7-18)22(2,3)28/h10-14,17-18,28H,4-9H2,1-3H3,(H,25,27)/t14-,17-,18-/m1/s1. The van der Waals surface area contributed by atoms with Gasteiger partial charge in [-0.15, -0.1) is 0 Å². The van der Waals surface area contributed by atoms with Crippen molar-refractivity contribution in [2.45, 2.75) is 70.6 Å². The minimum atomic E-state index is -0.642. The molecule has 2 fully saturated rings. The van der Waals surface area contributed by atoms with E-state index in [1.54, 1.807) is 6.20 Å². The van der Waals surface area contributed by atoms with Crippen LogP contribution in [0.15, 0.2) is 24.5 Å². The highest BCUT2D eigenvalue weighted by molar-refractivity contribution is 5.97. The van der Waals surface area contributed by atoms with Gasteiger partial charge in [0.25, 0.3) is 5.91 Å². The number of hydrogen-bond acceptors (Lipinski definition) is 5. The molecular formula is C22H30N4O2. The Morgan fingerprint density at radius 1 is 1.14 bits per heavy atom. The van der Waals surface area contributed by atoms with Crippen molar-refractivity contribution in [2.75, 3.05) is 11.4 Å². The average Bonchev–Trinajstić information content (AvgIpc) is 2.66. The smallest absolute Gasteiger partial charge is 0.253 e. The van der Waals surface area contributed by atoms with Gasteiger partial charge in [-0.05, 0) is 64.9 Å². The number of rotatable bonds is 4. The van der Waals surface area contributed by atoms with E-state index in [2.05, 4.69) is 27.1 Å². The molecule has 1 saturated heterocycles. The molecule has 1 aliphatic carbocycles. The highest BCUT2D eigenvalue weighted by atomic mass is 16.3. The molecule has 6 nitrogen and oxygen atoms in total. The minimum Gasteiger partial charge on any atom is -0.390 e. The molecule has 28 heavy (non-hydrogen) atoms. The zero-order valence-corrected chi connectivity index (χ0v) is 17.0. The summed E-state index contributed by atoms with van der Waals surface area (Å²) in [5, 5.41) is 14.2. The molecule has 6 heteroatoms. The van der Waals surface area contributed by atoms with Crippen molar-refractivity contribution >= 4 is 22.6 Å². The molecular weight excluding hydrogens is 352 g/mol. The fraction of sp³-hybridized carbons (Fsp3) is 0.591. The lowest BCUT2D eigenvalue weighted by atomic mass is 9.77. The molecule has 2 aromatic heterocycles. The summed E-state index contributed by atoms with van der Waals surface area (Å²) in [6.45, 7) is 6.99. The van der Waals surface area contributed by atoms with Crippen molar-refractivity contribution in [1.29, 1.82) is 0 Å². The Morgan fingerprint density at radius 2 is 1.89 bits per heavy atom. The van der Waals surface area contributed by atoms with Crippen LogP contribution < -0.4 is 10.2 Å². The van der Waals surface area contributed by atoms with Gasteiger partial charge in [0.1, 0.15) is 5.82 Å². The van der Waals surface area contributed by atoms with Gasteiger partial charge in [-0.2, -0.15) is 0 Å². The van der Waals surface area contributed by atoms with Gasteiger partial charge in [0.05, 0.1) is 16.7 Å². The minimum absolute atomic E-state index is 0.0819. The highest BCUT2D eigenvalue weighted by Crippen LogP contribution is 2.32. The first-order valence-corrected chi connectivity index (χ1v) is 10.4. The fourth-order valence-corrected chi connectivity index (χ4v) is 4.36. The zero-order valence-electron chi connectivity index (χ0n) is 17.0. The van der Waals surface area contributed by atoms with Gasteiger partial charge in [-0.3, -0.25) is 9.78 Å². The Morgan fingerprint density at radius 3 is 2.50 bits per heavy atom. The van der Waals surface area contributed by atoms with E-state index in [0.29, 0.717) is 17.5 Å². The molecule has 2 aromatic rings. The van der Waals surface area contributed by atoms with Crippen molar-refractivity contribution in [2.24, 2.45) is 5.92 Å². The van der Waals surface area contributed by atoms with Crippen LogP contribution in [0.1, 0.15) is 63.2 Å². The number of fused-ring (bicyclic) bond motifs is 1. The van der Waals surface area contributed by atoms with Crippen LogP contribution in [0.4, 0.5) is 5.82 Å². The number of nitrogens with one attached hydrogen (secondary N) is 1. The summed E-state index contributed by atoms with van der Waals surface area (Å²) in [7, 11) is 0. The SMILES string of the molecule is C[C@@H]1CCN1c1cc2ncc(C(=O)N[C@H]3CC[C@H](C(C)(C)O)CC3)cc2cn1. The molecule has 0 spiro atoms. The molecule has 1 saturated carbocycles. The molecule has 1 amide bonds. The van der Waals surface area contributed by atoms with Crippen molar-refractivity contribution in [1.82, 2.24) is 15.3 Å². The van der Waals surface area contributed by atoms with Gasteiger partial charge in [-0.1, -0.05) is 0 Å². The first-order chi connectivity index (χ1) is 13.3. The highest BCUT2D eigenvalue weighted by Gasteiger charge is 2.32. The fourth-order valence-electron chi connectivity index (χ4n) is 4.36. The topological polar surface area (TPSA) is 78.4 Å². The van der Waals surface area contributed by atoms with E-state index in [1.165, 1.54) is 6.42 Å². The summed E-state index contributed by atoms with van der Waals surface area (Å²) in [5.74, 6) is 1.18. The van der Waals surface area contributed by atoms with Crippen molar-refractivity contribution in [3.05, 3.63) is 30.1 Å². The molecule has 0 aromatic carbocycles. The Labute approximate surface area is 166 Å². The van der Waals surface area contributed by atoms with Crippen molar-refractivity contribution in [3.63, 3.8) is 0 Å². The molecule has 4 rings (SSSR count). The summed E-state index contributed by atoms with van der Waals surface area (Å²) in [6.07, 6.45) is 8.35. The molecule has 2 aliphatic rings. The van der Waals surface area contributed by atoms with E-state index in [0.717, 1.165) is 48.9 Å². The number of pyridine rings is 2. The van der Waals surface area contributed by atoms with Gasteiger partial charge in [0.15, 0.2) is 0 Å². The van der Waals surface area contributed by atoms with Gasteiger partial charge in [-0.25, -0.2) is 4.98 Å². The lowest BCUT2D eigenvalue weighted by Crippen LogP contribution is -2.46. The zero-order chi connectivity index (χ0) is 19.9. The van der Waals surface area contributed by atoms with Gasteiger partial charge >= 0.3 is 0 Å². The van der Waals surface area contributed by atoms with Crippen LogP contribution in [0.5, 0.6) is 0 Å². The Bertz CT molecular complexity index is 868. The summed E-state index contributed by atoms with van der Waals surface area (Å²) in [4.78, 5) is 24.0. The van der Waals surface area contributed by atoms with E-state index in [4.69, 9.17) is 0 Å². The monoisotopic (exact) mass is 382 g/mol. The summed E-state index contributed by atoms with van der Waals surface area (Å²) < 4.78 is 0. The summed E-state index contributed by atoms with van der Waals surface area (Å²) >= 11 is 0. The maximum Gasteiger partial charge on any atom is 0.253 e. The van der Waals surface area contributed by atoms with Crippen LogP contribution in [0, 0.1) is 5.92 Å². The maximum absolute atomic E-state index is 12.7. The second-order valence-electron chi connectivity index (χ2n) is 8.97. The molecule has 0 radical (unpaired) electrons. The van der Waals surface area contributed by atoms with Crippen LogP contribution in [0.3, 0.4) is 0 Å². The van der Waals surface area contributed by atoms with E-state index in [9.17, 15) is 9.90 Å². The van der Waals surface area contributed by atoms with E-state index >= 15 is 0 Å². The number of amides is 1. The predicted octanol–water partition coefficient (Wildman–Crippen LogP) is 3.29. The maximum atomic E-state index is 12.7. The van der Waals surface area contributed by atoms with Crippen molar-refractivity contribution < 1.29 is 9.90 Å². The third-order valence-corrected chi connectivity index (χ3v) is 6.49. The van der Waals surface area contributed by atoms with Gasteiger partial charge in [0, 0.05) is 42.5 Å². The van der Waals surface area contributed by atoms with Crippen molar-refractivity contribution in [3.8, 4) is 0 Å². The largest absolute Gasteiger partial charge is 0.390 e. The number of nitrogens with zero attached hydrogens (tertiary/aromatic N) is 3. The number of hydrogen-bond donors (Lipinski definition) is 2. The number of aromatic nitrogens is 2. The lowest BCUT2D eigenvalue weighted by molar-refractivity contribution is -0.00257. The molecule has 1 atom stereocenters. The predicted molar refractivity (Wildman–Crippen MR) is 110 cm³/mol. The first kappa shape index (κ1) is 19.1. The van der Waals surface area contributed by atoms with Gasteiger partial charge in [0.2, 0.25) is 0 Å². The van der Waals surface area contributed by atoms with E-state index < -0.39 is 5.60 Å². The first-order valence-electron chi connectivity index (χ1n) is 10.4. The summed E-state index contributed by atoms with van der Waals surface area (Å²) in [5.41, 5.74) is 0.798. The average molecular weight is 383 g/mol. The Kier molecular flexibility index (Phi) is 5.00. The second kappa shape index (κ2) is 7.32. The van der Waals surface area contributed by atoms with Crippen LogP contribution in [0.2, 0.25) is 0 Å². The Balaban J connectivity index is 1.41. The second-order valence-corrected chi connectivity index (χ2v) is 8.97. The lowest BCUT2D eigenvalue weighted by Gasteiger charge is -2.39. The van der Waals surface area contributed by atoms with E-state index in [1.807, 2.05) is 32.2 Å². The number of anilines is 1. The Hall–Kier alpha value is -2.21. The molecule has 0 bridgehead atoms. The molecule has 0 unspecified atom stereocenters. The van der Waals surface area contributed by atoms with E-state index in [-0.39, 0.29) is 11.9 Å². The quantitative estimate of drug-likeness (QED) is 0.848. The molecule has 3 heterocycles. The van der Waals surface area contributed by atoms with Crippen LogP contribution in [0.25, 0.3) is 10.9 Å². The summed E-state index contributed by atoms with van der Waals surface area (Å²) in [6, 6.07) is 4.57. The molecule has 150 valence electrons. The van der Waals surface area contributed by atoms with Crippen LogP contribution in [-0.4, -0.2) is 45.2 Å².